The first kappa shape index (κ1) is 13.5. The maximum absolute atomic E-state index is 11.5. The number of amides is 1. The average Bonchev–Trinajstić information content (AvgIpc) is 3.20. The SMILES string of the molecule is O=C(NCCc1ccc(OC2CCCC2)cc1)C1CC1. The molecule has 3 nitrogen and oxygen atoms in total. The van der Waals surface area contributed by atoms with Crippen LogP contribution in [0.25, 0.3) is 0 Å². The molecule has 0 heterocycles. The van der Waals surface area contributed by atoms with Crippen LogP contribution >= 0.6 is 0 Å². The van der Waals surface area contributed by atoms with Gasteiger partial charge in [-0.15, -0.1) is 0 Å². The normalized spacial score (nSPS) is 19.0. The standard InChI is InChI=1S/C17H23NO2/c19-17(14-7-8-14)18-12-11-13-5-9-16(10-6-13)20-15-3-1-2-4-15/h5-6,9-10,14-15H,1-4,7-8,11-12H2,(H,18,19). The molecule has 2 aliphatic carbocycles. The van der Waals surface area contributed by atoms with E-state index in [2.05, 4.69) is 29.6 Å². The van der Waals surface area contributed by atoms with Crippen LogP contribution in [-0.4, -0.2) is 18.6 Å². The topological polar surface area (TPSA) is 38.3 Å². The molecule has 0 atom stereocenters. The van der Waals surface area contributed by atoms with Crippen molar-refractivity contribution in [2.24, 2.45) is 5.92 Å². The van der Waals surface area contributed by atoms with Crippen LogP contribution in [0.5, 0.6) is 5.75 Å². The lowest BCUT2D eigenvalue weighted by Gasteiger charge is -2.13. The Balaban J connectivity index is 1.42. The number of ether oxygens (including phenoxy) is 1. The summed E-state index contributed by atoms with van der Waals surface area (Å²) in [5, 5.41) is 3.00. The van der Waals surface area contributed by atoms with Crippen molar-refractivity contribution < 1.29 is 9.53 Å². The van der Waals surface area contributed by atoms with Crippen LogP contribution in [0.3, 0.4) is 0 Å². The quantitative estimate of drug-likeness (QED) is 0.865. The van der Waals surface area contributed by atoms with E-state index in [1.807, 2.05) is 0 Å². The number of benzene rings is 1. The van der Waals surface area contributed by atoms with E-state index in [1.54, 1.807) is 0 Å². The van der Waals surface area contributed by atoms with Gasteiger partial charge in [-0.25, -0.2) is 0 Å². The van der Waals surface area contributed by atoms with Crippen molar-refractivity contribution in [3.8, 4) is 5.75 Å². The number of carbonyl (C=O) groups is 1. The van der Waals surface area contributed by atoms with Gasteiger partial charge in [0.05, 0.1) is 6.10 Å². The van der Waals surface area contributed by atoms with Crippen LogP contribution in [0, 0.1) is 5.92 Å². The van der Waals surface area contributed by atoms with Crippen molar-refractivity contribution >= 4 is 5.91 Å². The minimum atomic E-state index is 0.228. The Morgan fingerprint density at radius 1 is 1.10 bits per heavy atom. The van der Waals surface area contributed by atoms with Crippen molar-refractivity contribution in [3.05, 3.63) is 29.8 Å². The first-order valence-corrected chi connectivity index (χ1v) is 7.84. The van der Waals surface area contributed by atoms with Crippen molar-refractivity contribution in [1.29, 1.82) is 0 Å². The fourth-order valence-electron chi connectivity index (χ4n) is 2.75. The number of nitrogens with one attached hydrogen (secondary N) is 1. The van der Waals surface area contributed by atoms with E-state index in [4.69, 9.17) is 4.74 Å². The molecular formula is C17H23NO2. The molecule has 3 rings (SSSR count). The smallest absolute Gasteiger partial charge is 0.223 e. The fraction of sp³-hybridized carbons (Fsp3) is 0.588. The zero-order chi connectivity index (χ0) is 13.8. The molecule has 1 aromatic carbocycles. The minimum absolute atomic E-state index is 0.228. The highest BCUT2D eigenvalue weighted by atomic mass is 16.5. The lowest BCUT2D eigenvalue weighted by Crippen LogP contribution is -2.26. The van der Waals surface area contributed by atoms with Gasteiger partial charge < -0.3 is 10.1 Å². The van der Waals surface area contributed by atoms with E-state index >= 15 is 0 Å². The predicted octanol–water partition coefficient (Wildman–Crippen LogP) is 3.08. The summed E-state index contributed by atoms with van der Waals surface area (Å²) in [5.74, 6) is 1.51. The maximum Gasteiger partial charge on any atom is 0.223 e. The third-order valence-electron chi connectivity index (χ3n) is 4.19. The lowest BCUT2D eigenvalue weighted by molar-refractivity contribution is -0.122. The highest BCUT2D eigenvalue weighted by molar-refractivity contribution is 5.80. The molecule has 0 unspecified atom stereocenters. The van der Waals surface area contributed by atoms with Crippen molar-refractivity contribution in [2.75, 3.05) is 6.54 Å². The van der Waals surface area contributed by atoms with Gasteiger partial charge in [-0.2, -0.15) is 0 Å². The second-order valence-corrected chi connectivity index (χ2v) is 5.98. The molecule has 1 N–H and O–H groups in total. The van der Waals surface area contributed by atoms with E-state index in [0.717, 1.165) is 31.6 Å². The molecule has 108 valence electrons. The zero-order valence-electron chi connectivity index (χ0n) is 11.9. The van der Waals surface area contributed by atoms with E-state index in [-0.39, 0.29) is 5.91 Å². The van der Waals surface area contributed by atoms with E-state index < -0.39 is 0 Å². The molecule has 1 aromatic rings. The van der Waals surface area contributed by atoms with Gasteiger partial charge in [0.2, 0.25) is 5.91 Å². The van der Waals surface area contributed by atoms with E-state index in [0.29, 0.717) is 12.0 Å². The zero-order valence-corrected chi connectivity index (χ0v) is 11.9. The Bertz CT molecular complexity index is 445. The number of hydrogen-bond donors (Lipinski definition) is 1. The van der Waals surface area contributed by atoms with Crippen molar-refractivity contribution in [2.45, 2.75) is 51.0 Å². The first-order chi connectivity index (χ1) is 9.81. The average molecular weight is 273 g/mol. The summed E-state index contributed by atoms with van der Waals surface area (Å²) in [7, 11) is 0. The van der Waals surface area contributed by atoms with Gasteiger partial charge in [-0.1, -0.05) is 12.1 Å². The molecule has 0 bridgehead atoms. The van der Waals surface area contributed by atoms with Gasteiger partial charge in [0.15, 0.2) is 0 Å². The van der Waals surface area contributed by atoms with Gasteiger partial charge in [0.25, 0.3) is 0 Å². The molecule has 2 fully saturated rings. The second-order valence-electron chi connectivity index (χ2n) is 5.98. The van der Waals surface area contributed by atoms with Crippen LogP contribution in [0.4, 0.5) is 0 Å². The van der Waals surface area contributed by atoms with Crippen LogP contribution < -0.4 is 10.1 Å². The van der Waals surface area contributed by atoms with Crippen LogP contribution in [0.2, 0.25) is 0 Å². The molecule has 0 aromatic heterocycles. The Morgan fingerprint density at radius 2 is 1.80 bits per heavy atom. The highest BCUT2D eigenvalue weighted by Crippen LogP contribution is 2.28. The molecule has 0 aliphatic heterocycles. The van der Waals surface area contributed by atoms with Gasteiger partial charge in [0.1, 0.15) is 5.75 Å². The van der Waals surface area contributed by atoms with Gasteiger partial charge in [-0.05, 0) is 62.6 Å². The van der Waals surface area contributed by atoms with Gasteiger partial charge in [-0.3, -0.25) is 4.79 Å². The molecular weight excluding hydrogens is 250 g/mol. The van der Waals surface area contributed by atoms with Crippen LogP contribution in [-0.2, 0) is 11.2 Å². The Labute approximate surface area is 120 Å². The number of carbonyl (C=O) groups excluding carboxylic acids is 1. The first-order valence-electron chi connectivity index (χ1n) is 7.84. The Kier molecular flexibility index (Phi) is 4.24. The summed E-state index contributed by atoms with van der Waals surface area (Å²) >= 11 is 0. The van der Waals surface area contributed by atoms with Crippen LogP contribution in [0.1, 0.15) is 44.1 Å². The Morgan fingerprint density at radius 3 is 2.45 bits per heavy atom. The highest BCUT2D eigenvalue weighted by Gasteiger charge is 2.28. The fourth-order valence-corrected chi connectivity index (χ4v) is 2.75. The summed E-state index contributed by atoms with van der Waals surface area (Å²) < 4.78 is 5.94. The molecule has 2 aliphatic rings. The Hall–Kier alpha value is -1.51. The summed E-state index contributed by atoms with van der Waals surface area (Å²) in [6.07, 6.45) is 8.41. The van der Waals surface area contributed by atoms with Crippen molar-refractivity contribution in [3.63, 3.8) is 0 Å². The molecule has 20 heavy (non-hydrogen) atoms. The third-order valence-corrected chi connectivity index (χ3v) is 4.19. The molecule has 0 saturated heterocycles. The molecule has 1 amide bonds. The van der Waals surface area contributed by atoms with Gasteiger partial charge in [0, 0.05) is 12.5 Å². The number of rotatable bonds is 6. The van der Waals surface area contributed by atoms with E-state index in [1.165, 1.54) is 31.2 Å². The monoisotopic (exact) mass is 273 g/mol. The number of hydrogen-bond acceptors (Lipinski definition) is 2. The summed E-state index contributed by atoms with van der Waals surface area (Å²) in [6.45, 7) is 0.734. The molecule has 0 radical (unpaired) electrons. The van der Waals surface area contributed by atoms with E-state index in [9.17, 15) is 4.79 Å². The molecule has 3 heteroatoms. The summed E-state index contributed by atoms with van der Waals surface area (Å²) in [5.41, 5.74) is 1.25. The second kappa shape index (κ2) is 6.29. The molecule has 2 saturated carbocycles. The minimum Gasteiger partial charge on any atom is -0.490 e. The largest absolute Gasteiger partial charge is 0.490 e. The third kappa shape index (κ3) is 3.75. The summed E-state index contributed by atoms with van der Waals surface area (Å²) in [6, 6.07) is 8.31. The van der Waals surface area contributed by atoms with Crippen molar-refractivity contribution in [1.82, 2.24) is 5.32 Å². The van der Waals surface area contributed by atoms with Gasteiger partial charge >= 0.3 is 0 Å². The maximum atomic E-state index is 11.5. The molecule has 0 spiro atoms. The lowest BCUT2D eigenvalue weighted by atomic mass is 10.1. The predicted molar refractivity (Wildman–Crippen MR) is 78.8 cm³/mol. The van der Waals surface area contributed by atoms with Crippen LogP contribution in [0.15, 0.2) is 24.3 Å². The summed E-state index contributed by atoms with van der Waals surface area (Å²) in [4.78, 5) is 11.5.